The first-order valence-electron chi connectivity index (χ1n) is 10.7. The predicted octanol–water partition coefficient (Wildman–Crippen LogP) is 4.26. The van der Waals surface area contributed by atoms with Gasteiger partial charge in [0.1, 0.15) is 6.29 Å². The van der Waals surface area contributed by atoms with Crippen LogP contribution in [0.1, 0.15) is 30.7 Å². The maximum absolute atomic E-state index is 13.2. The smallest absolute Gasteiger partial charge is 0.233 e. The molecular weight excluding hydrogens is 388 g/mol. The number of nitrogens with two attached hydrogens (primary N) is 1. The minimum Gasteiger partial charge on any atom is -0.399 e. The van der Waals surface area contributed by atoms with Gasteiger partial charge in [-0.2, -0.15) is 0 Å². The van der Waals surface area contributed by atoms with Gasteiger partial charge in [-0.3, -0.25) is 4.79 Å². The molecule has 2 aliphatic rings. The molecule has 1 aliphatic heterocycles. The van der Waals surface area contributed by atoms with Crippen LogP contribution in [0.4, 0.5) is 11.4 Å². The number of aldehydes is 1. The number of carbonyl (C=O) groups excluding carboxylic acids is 2. The Hall–Kier alpha value is -3.18. The number of benzene rings is 2. The number of carbonyl (C=O) groups is 2. The molecule has 1 heterocycles. The van der Waals surface area contributed by atoms with Crippen molar-refractivity contribution in [3.8, 4) is 0 Å². The molecule has 0 spiro atoms. The maximum Gasteiger partial charge on any atom is 0.233 e. The summed E-state index contributed by atoms with van der Waals surface area (Å²) in [7, 11) is 1.70. The Bertz CT molecular complexity index is 981. The SMILES string of the molecule is COC1C=CC(C2C(CC[C@H](C=O)c3ccccc3)C(=O)N2c2ccc(N)cc2)=CC1. The molecule has 0 saturated carbocycles. The summed E-state index contributed by atoms with van der Waals surface area (Å²) < 4.78 is 5.42. The van der Waals surface area contributed by atoms with Crippen LogP contribution in [-0.2, 0) is 14.3 Å². The number of β-lactam (4-membered cyclic amide) rings is 1. The number of ether oxygens (including phenoxy) is 1. The van der Waals surface area contributed by atoms with Crippen molar-refractivity contribution < 1.29 is 14.3 Å². The Balaban J connectivity index is 1.55. The van der Waals surface area contributed by atoms with Gasteiger partial charge in [0.2, 0.25) is 5.91 Å². The first kappa shape index (κ1) is 21.1. The van der Waals surface area contributed by atoms with Gasteiger partial charge in [0, 0.05) is 24.4 Å². The zero-order valence-corrected chi connectivity index (χ0v) is 17.7. The monoisotopic (exact) mass is 416 g/mol. The van der Waals surface area contributed by atoms with Crippen LogP contribution in [0, 0.1) is 5.92 Å². The van der Waals surface area contributed by atoms with Gasteiger partial charge in [-0.05, 0) is 54.7 Å². The zero-order chi connectivity index (χ0) is 21.8. The lowest BCUT2D eigenvalue weighted by Crippen LogP contribution is -2.62. The van der Waals surface area contributed by atoms with E-state index in [4.69, 9.17) is 10.5 Å². The van der Waals surface area contributed by atoms with Gasteiger partial charge in [-0.1, -0.05) is 48.6 Å². The Morgan fingerprint density at radius 2 is 1.90 bits per heavy atom. The number of nitrogens with zero attached hydrogens (tertiary/aromatic N) is 1. The minimum atomic E-state index is -0.200. The molecule has 1 aliphatic carbocycles. The second kappa shape index (κ2) is 9.31. The summed E-state index contributed by atoms with van der Waals surface area (Å²) in [6.07, 6.45) is 9.44. The summed E-state index contributed by atoms with van der Waals surface area (Å²) in [6.45, 7) is 0. The molecule has 5 nitrogen and oxygen atoms in total. The third-order valence-corrected chi connectivity index (χ3v) is 6.30. The summed E-state index contributed by atoms with van der Waals surface area (Å²) in [5.74, 6) is -0.261. The topological polar surface area (TPSA) is 72.6 Å². The standard InChI is InChI=1S/C26H28N2O3/c1-31-23-14-7-19(8-15-23)25-24(16-9-20(17-29)18-5-3-2-4-6-18)26(30)28(25)22-12-10-21(27)11-13-22/h2-8,10-14,17,20,23-25H,9,15-16,27H2,1H3/t20-,23?,24?,25?/m1/s1. The second-order valence-electron chi connectivity index (χ2n) is 8.15. The Morgan fingerprint density at radius 1 is 1.16 bits per heavy atom. The third kappa shape index (κ3) is 4.32. The number of amides is 1. The summed E-state index contributed by atoms with van der Waals surface area (Å²) in [6, 6.07) is 17.1. The molecule has 3 unspecified atom stereocenters. The second-order valence-corrected chi connectivity index (χ2v) is 8.15. The summed E-state index contributed by atoms with van der Waals surface area (Å²) in [5, 5.41) is 0. The molecule has 2 aromatic rings. The summed E-state index contributed by atoms with van der Waals surface area (Å²) in [4.78, 5) is 26.8. The van der Waals surface area contributed by atoms with Crippen LogP contribution in [0.25, 0.3) is 0 Å². The Labute approximate surface area is 183 Å². The summed E-state index contributed by atoms with van der Waals surface area (Å²) >= 11 is 0. The van der Waals surface area contributed by atoms with Crippen LogP contribution in [0.15, 0.2) is 78.4 Å². The van der Waals surface area contributed by atoms with Gasteiger partial charge in [0.05, 0.1) is 18.1 Å². The first-order valence-corrected chi connectivity index (χ1v) is 10.7. The molecule has 160 valence electrons. The van der Waals surface area contributed by atoms with E-state index in [1.807, 2.05) is 59.5 Å². The number of hydrogen-bond acceptors (Lipinski definition) is 4. The number of methoxy groups -OCH3 is 1. The zero-order valence-electron chi connectivity index (χ0n) is 17.7. The van der Waals surface area contributed by atoms with Gasteiger partial charge in [-0.15, -0.1) is 0 Å². The molecule has 31 heavy (non-hydrogen) atoms. The van der Waals surface area contributed by atoms with Crippen LogP contribution in [-0.4, -0.2) is 31.4 Å². The van der Waals surface area contributed by atoms with Gasteiger partial charge in [0.15, 0.2) is 0 Å². The van der Waals surface area contributed by atoms with E-state index in [0.717, 1.165) is 29.5 Å². The van der Waals surface area contributed by atoms with Crippen molar-refractivity contribution >= 4 is 23.6 Å². The lowest BCUT2D eigenvalue weighted by Gasteiger charge is -2.48. The van der Waals surface area contributed by atoms with E-state index in [1.165, 1.54) is 0 Å². The number of nitrogen functional groups attached to an aromatic ring is 1. The average Bonchev–Trinajstić information content (AvgIpc) is 2.82. The van der Waals surface area contributed by atoms with E-state index in [2.05, 4.69) is 18.2 Å². The van der Waals surface area contributed by atoms with Crippen LogP contribution in [0.2, 0.25) is 0 Å². The average molecular weight is 417 g/mol. The fourth-order valence-corrected chi connectivity index (χ4v) is 4.52. The van der Waals surface area contributed by atoms with Crippen molar-refractivity contribution in [2.45, 2.75) is 37.3 Å². The Morgan fingerprint density at radius 3 is 2.52 bits per heavy atom. The van der Waals surface area contributed by atoms with E-state index in [9.17, 15) is 9.59 Å². The van der Waals surface area contributed by atoms with Gasteiger partial charge < -0.3 is 20.2 Å². The molecule has 1 fully saturated rings. The quantitative estimate of drug-likeness (QED) is 0.396. The Kier molecular flexibility index (Phi) is 6.33. The lowest BCUT2D eigenvalue weighted by atomic mass is 9.76. The molecular formula is C26H28N2O3. The van der Waals surface area contributed by atoms with Crippen LogP contribution in [0.3, 0.4) is 0 Å². The number of anilines is 2. The van der Waals surface area contributed by atoms with Gasteiger partial charge >= 0.3 is 0 Å². The highest BCUT2D eigenvalue weighted by molar-refractivity contribution is 6.04. The third-order valence-electron chi connectivity index (χ3n) is 6.30. The van der Waals surface area contributed by atoms with Crippen molar-refractivity contribution in [1.82, 2.24) is 0 Å². The highest BCUT2D eigenvalue weighted by Crippen LogP contribution is 2.41. The first-order chi connectivity index (χ1) is 15.1. The lowest BCUT2D eigenvalue weighted by molar-refractivity contribution is -0.129. The molecule has 2 aromatic carbocycles. The number of rotatable bonds is 8. The van der Waals surface area contributed by atoms with Gasteiger partial charge in [0.25, 0.3) is 0 Å². The molecule has 0 bridgehead atoms. The summed E-state index contributed by atoms with van der Waals surface area (Å²) in [5.41, 5.74) is 9.47. The molecule has 4 rings (SSSR count). The predicted molar refractivity (Wildman–Crippen MR) is 123 cm³/mol. The van der Waals surface area contributed by atoms with Crippen molar-refractivity contribution in [2.24, 2.45) is 5.92 Å². The molecule has 0 aromatic heterocycles. The van der Waals surface area contributed by atoms with Crippen molar-refractivity contribution in [3.05, 3.63) is 84.0 Å². The molecule has 2 N–H and O–H groups in total. The number of hydrogen-bond donors (Lipinski definition) is 1. The fraction of sp³-hybridized carbons (Fsp3) is 0.308. The molecule has 4 atom stereocenters. The molecule has 0 radical (unpaired) electrons. The van der Waals surface area contributed by atoms with Crippen molar-refractivity contribution in [3.63, 3.8) is 0 Å². The maximum atomic E-state index is 13.2. The van der Waals surface area contributed by atoms with E-state index in [0.29, 0.717) is 18.5 Å². The largest absolute Gasteiger partial charge is 0.399 e. The normalized spacial score (nSPS) is 23.8. The van der Waals surface area contributed by atoms with E-state index < -0.39 is 0 Å². The van der Waals surface area contributed by atoms with Crippen LogP contribution < -0.4 is 10.6 Å². The van der Waals surface area contributed by atoms with Crippen molar-refractivity contribution in [2.75, 3.05) is 17.7 Å². The van der Waals surface area contributed by atoms with Crippen molar-refractivity contribution in [1.29, 1.82) is 0 Å². The molecule has 5 heteroatoms. The van der Waals surface area contributed by atoms with E-state index >= 15 is 0 Å². The fourth-order valence-electron chi connectivity index (χ4n) is 4.52. The van der Waals surface area contributed by atoms with Crippen LogP contribution >= 0.6 is 0 Å². The van der Waals surface area contributed by atoms with E-state index in [-0.39, 0.29) is 29.9 Å². The highest BCUT2D eigenvalue weighted by atomic mass is 16.5. The minimum absolute atomic E-state index is 0.0479. The van der Waals surface area contributed by atoms with E-state index in [1.54, 1.807) is 7.11 Å². The van der Waals surface area contributed by atoms with Crippen LogP contribution in [0.5, 0.6) is 0 Å². The highest BCUT2D eigenvalue weighted by Gasteiger charge is 2.49. The molecule has 1 saturated heterocycles. The molecule has 1 amide bonds. The van der Waals surface area contributed by atoms with Gasteiger partial charge in [-0.25, -0.2) is 0 Å².